The van der Waals surface area contributed by atoms with Crippen molar-refractivity contribution in [2.24, 2.45) is 0 Å². The number of methoxy groups -OCH3 is 1. The molecule has 1 N–H and O–H groups in total. The van der Waals surface area contributed by atoms with E-state index in [2.05, 4.69) is 9.88 Å². The fourth-order valence-electron chi connectivity index (χ4n) is 4.50. The number of rotatable bonds is 7. The standard InChI is InChI=1S/C23H27N3O5/c1-14-19(20(23(29)30-3)15(2)26(14)16-8-9-16)18(27)13-31-22(28)17-7-6-10-24-21(17)25-11-4-5-12-25/h6-7,10,16H,4-5,8-9,11-13H2,1-3H3/p+1. The van der Waals surface area contributed by atoms with Crippen molar-refractivity contribution in [2.75, 3.05) is 31.7 Å². The lowest BCUT2D eigenvalue weighted by Crippen LogP contribution is -2.29. The Bertz CT molecular complexity index is 1030. The number of Topliss-reactive ketones (excluding diaryl/α,β-unsaturated/α-hetero) is 1. The number of ether oxygens (including phenoxy) is 2. The summed E-state index contributed by atoms with van der Waals surface area (Å²) in [6.07, 6.45) is 5.95. The Balaban J connectivity index is 1.55. The summed E-state index contributed by atoms with van der Waals surface area (Å²) in [4.78, 5) is 43.5. The van der Waals surface area contributed by atoms with Crippen LogP contribution in [0.3, 0.4) is 0 Å². The largest absolute Gasteiger partial charge is 0.465 e. The van der Waals surface area contributed by atoms with Crippen LogP contribution in [-0.4, -0.2) is 49.1 Å². The maximum absolute atomic E-state index is 13.1. The molecule has 2 aromatic rings. The molecule has 0 amide bonds. The molecule has 4 rings (SSSR count). The summed E-state index contributed by atoms with van der Waals surface area (Å²) in [7, 11) is 1.30. The quantitative estimate of drug-likeness (QED) is 0.499. The highest BCUT2D eigenvalue weighted by atomic mass is 16.5. The molecule has 8 nitrogen and oxygen atoms in total. The fourth-order valence-corrected chi connectivity index (χ4v) is 4.50. The van der Waals surface area contributed by atoms with Crippen LogP contribution in [-0.2, 0) is 9.47 Å². The average molecular weight is 426 g/mol. The molecular formula is C23H28N3O5+. The maximum Gasteiger partial charge on any atom is 0.346 e. The summed E-state index contributed by atoms with van der Waals surface area (Å²) >= 11 is 0. The van der Waals surface area contributed by atoms with E-state index >= 15 is 0 Å². The number of nitrogens with zero attached hydrogens (tertiary/aromatic N) is 2. The first-order valence-electron chi connectivity index (χ1n) is 10.7. The number of pyridine rings is 1. The van der Waals surface area contributed by atoms with Crippen LogP contribution in [0.2, 0.25) is 0 Å². The minimum Gasteiger partial charge on any atom is -0.465 e. The van der Waals surface area contributed by atoms with Crippen LogP contribution in [0.5, 0.6) is 0 Å². The molecule has 1 saturated carbocycles. The van der Waals surface area contributed by atoms with Crippen molar-refractivity contribution < 1.29 is 28.8 Å². The number of aromatic nitrogens is 2. The summed E-state index contributed by atoms with van der Waals surface area (Å²) in [5, 5.41) is 0. The molecule has 2 aromatic heterocycles. The normalized spacial score (nSPS) is 15.8. The number of carbonyl (C=O) groups excluding carboxylic acids is 3. The zero-order chi connectivity index (χ0) is 22.1. The third-order valence-corrected chi connectivity index (χ3v) is 6.09. The Morgan fingerprint density at radius 1 is 1.06 bits per heavy atom. The summed E-state index contributed by atoms with van der Waals surface area (Å²) in [5.74, 6) is -0.817. The molecule has 1 aliphatic carbocycles. The molecule has 0 aromatic carbocycles. The molecule has 2 aliphatic rings. The van der Waals surface area contributed by atoms with E-state index in [1.54, 1.807) is 18.3 Å². The maximum atomic E-state index is 13.1. The first-order chi connectivity index (χ1) is 14.9. The van der Waals surface area contributed by atoms with Gasteiger partial charge in [0, 0.05) is 17.4 Å². The summed E-state index contributed by atoms with van der Waals surface area (Å²) < 4.78 is 12.3. The highest BCUT2D eigenvalue weighted by Crippen LogP contribution is 2.40. The average Bonchev–Trinajstić information content (AvgIpc) is 3.37. The molecule has 164 valence electrons. The van der Waals surface area contributed by atoms with E-state index in [1.807, 2.05) is 18.4 Å². The van der Waals surface area contributed by atoms with Gasteiger partial charge in [0.05, 0.1) is 37.5 Å². The first-order valence-corrected chi connectivity index (χ1v) is 10.7. The molecule has 1 saturated heterocycles. The molecule has 0 atom stereocenters. The van der Waals surface area contributed by atoms with Gasteiger partial charge in [-0.25, -0.2) is 14.6 Å². The van der Waals surface area contributed by atoms with Crippen molar-refractivity contribution in [2.45, 2.75) is 45.6 Å². The highest BCUT2D eigenvalue weighted by Gasteiger charge is 2.35. The monoisotopic (exact) mass is 426 g/mol. The van der Waals surface area contributed by atoms with Crippen molar-refractivity contribution in [3.63, 3.8) is 0 Å². The van der Waals surface area contributed by atoms with E-state index in [-0.39, 0.29) is 11.1 Å². The van der Waals surface area contributed by atoms with Crippen LogP contribution < -0.4 is 9.88 Å². The van der Waals surface area contributed by atoms with Crippen molar-refractivity contribution in [3.8, 4) is 0 Å². The third kappa shape index (κ3) is 3.94. The van der Waals surface area contributed by atoms with Gasteiger partial charge < -0.3 is 14.0 Å². The molecule has 8 heteroatoms. The van der Waals surface area contributed by atoms with Gasteiger partial charge in [-0.1, -0.05) is 0 Å². The molecule has 0 radical (unpaired) electrons. The van der Waals surface area contributed by atoms with Crippen LogP contribution in [0.25, 0.3) is 0 Å². The van der Waals surface area contributed by atoms with Gasteiger partial charge in [0.1, 0.15) is 5.56 Å². The van der Waals surface area contributed by atoms with Crippen molar-refractivity contribution in [3.05, 3.63) is 46.4 Å². The van der Waals surface area contributed by atoms with Gasteiger partial charge in [-0.3, -0.25) is 9.69 Å². The topological polar surface area (TPSA) is 92.0 Å². The molecular weight excluding hydrogens is 398 g/mol. The number of ketones is 1. The zero-order valence-electron chi connectivity index (χ0n) is 18.2. The van der Waals surface area contributed by atoms with E-state index in [4.69, 9.17) is 9.47 Å². The lowest BCUT2D eigenvalue weighted by Gasteiger charge is -2.12. The van der Waals surface area contributed by atoms with Gasteiger partial charge in [0.2, 0.25) is 5.78 Å². The van der Waals surface area contributed by atoms with Crippen LogP contribution in [0.15, 0.2) is 18.3 Å². The number of carbonyl (C=O) groups is 3. The predicted molar refractivity (Wildman–Crippen MR) is 113 cm³/mol. The van der Waals surface area contributed by atoms with Gasteiger partial charge in [0.15, 0.2) is 6.61 Å². The summed E-state index contributed by atoms with van der Waals surface area (Å²) in [5.41, 5.74) is 2.37. The Morgan fingerprint density at radius 3 is 2.39 bits per heavy atom. The Morgan fingerprint density at radius 2 is 1.74 bits per heavy atom. The SMILES string of the molecule is COC(=O)c1c(C(=O)COC(=O)c2ccc[nH+]c2N2CCCC2)c(C)n(C2CC2)c1C. The number of hydrogen-bond donors (Lipinski definition) is 0. The zero-order valence-corrected chi connectivity index (χ0v) is 18.2. The number of esters is 2. The first kappa shape index (κ1) is 21.1. The Kier molecular flexibility index (Phi) is 5.80. The van der Waals surface area contributed by atoms with E-state index in [9.17, 15) is 14.4 Å². The number of anilines is 1. The Hall–Kier alpha value is -3.16. The van der Waals surface area contributed by atoms with Crippen molar-refractivity contribution in [1.82, 2.24) is 4.57 Å². The highest BCUT2D eigenvalue weighted by molar-refractivity contribution is 6.09. The van der Waals surface area contributed by atoms with Crippen LogP contribution in [0, 0.1) is 13.8 Å². The molecule has 3 heterocycles. The molecule has 0 spiro atoms. The molecule has 31 heavy (non-hydrogen) atoms. The number of H-pyrrole nitrogens is 1. The second kappa shape index (κ2) is 8.53. The lowest BCUT2D eigenvalue weighted by atomic mass is 10.1. The second-order valence-corrected chi connectivity index (χ2v) is 8.14. The molecule has 0 bridgehead atoms. The predicted octanol–water partition coefficient (Wildman–Crippen LogP) is 2.68. The molecule has 2 fully saturated rings. The Labute approximate surface area is 181 Å². The van der Waals surface area contributed by atoms with Crippen LogP contribution in [0.1, 0.15) is 74.2 Å². The van der Waals surface area contributed by atoms with Crippen LogP contribution in [0.4, 0.5) is 5.82 Å². The third-order valence-electron chi connectivity index (χ3n) is 6.09. The van der Waals surface area contributed by atoms with E-state index < -0.39 is 24.3 Å². The molecule has 1 aliphatic heterocycles. The molecule has 0 unspecified atom stereocenters. The number of nitrogens with one attached hydrogen (secondary N) is 1. The van der Waals surface area contributed by atoms with E-state index in [0.29, 0.717) is 23.1 Å². The lowest BCUT2D eigenvalue weighted by molar-refractivity contribution is -0.364. The van der Waals surface area contributed by atoms with Crippen LogP contribution >= 0.6 is 0 Å². The number of aromatic amines is 1. The van der Waals surface area contributed by atoms with Gasteiger partial charge >= 0.3 is 11.9 Å². The van der Waals surface area contributed by atoms with Crippen molar-refractivity contribution in [1.29, 1.82) is 0 Å². The van der Waals surface area contributed by atoms with Crippen molar-refractivity contribution >= 4 is 23.5 Å². The van der Waals surface area contributed by atoms with E-state index in [0.717, 1.165) is 44.5 Å². The van der Waals surface area contributed by atoms with Gasteiger partial charge in [0.25, 0.3) is 5.82 Å². The second-order valence-electron chi connectivity index (χ2n) is 8.14. The number of hydrogen-bond acceptors (Lipinski definition) is 6. The fraction of sp³-hybridized carbons (Fsp3) is 0.478. The smallest absolute Gasteiger partial charge is 0.346 e. The minimum absolute atomic E-state index is 0.263. The minimum atomic E-state index is -0.567. The van der Waals surface area contributed by atoms with E-state index in [1.165, 1.54) is 7.11 Å². The summed E-state index contributed by atoms with van der Waals surface area (Å²) in [6, 6.07) is 3.72. The van der Waals surface area contributed by atoms with Gasteiger partial charge in [-0.2, -0.15) is 0 Å². The van der Waals surface area contributed by atoms with Gasteiger partial charge in [-0.05, 0) is 51.7 Å². The summed E-state index contributed by atoms with van der Waals surface area (Å²) in [6.45, 7) is 4.95. The van der Waals surface area contributed by atoms with Gasteiger partial charge in [-0.15, -0.1) is 0 Å².